The maximum Gasteiger partial charge on any atom is 0.389 e. The van der Waals surface area contributed by atoms with Crippen LogP contribution in [0.15, 0.2) is 17.0 Å². The molecule has 0 spiro atoms. The summed E-state index contributed by atoms with van der Waals surface area (Å²) < 4.78 is 62.0. The molecule has 3 N–H and O–H groups in total. The van der Waals surface area contributed by atoms with E-state index in [1.54, 1.807) is 0 Å². The quantitative estimate of drug-likeness (QED) is 0.598. The highest BCUT2D eigenvalue weighted by atomic mass is 35.5. The number of rotatable bonds is 6. The van der Waals surface area contributed by atoms with E-state index in [1.807, 2.05) is 0 Å². The Kier molecular flexibility index (Phi) is 6.15. The zero-order chi connectivity index (χ0) is 16.3. The van der Waals surface area contributed by atoms with Crippen molar-refractivity contribution in [2.24, 2.45) is 0 Å². The summed E-state index contributed by atoms with van der Waals surface area (Å²) in [6.07, 6.45) is -5.33. The molecule has 0 aliphatic rings. The maximum absolute atomic E-state index is 12.0. The van der Waals surface area contributed by atoms with Gasteiger partial charge in [-0.2, -0.15) is 13.2 Å². The third-order valence-electron chi connectivity index (χ3n) is 2.47. The third kappa shape index (κ3) is 5.90. The Morgan fingerprint density at radius 1 is 1.14 bits per heavy atom. The van der Waals surface area contributed by atoms with Crippen LogP contribution in [-0.4, -0.2) is 21.1 Å². The number of alkyl halides is 3. The number of anilines is 1. The van der Waals surface area contributed by atoms with Crippen LogP contribution in [0.1, 0.15) is 19.3 Å². The van der Waals surface area contributed by atoms with Crippen molar-refractivity contribution in [3.05, 3.63) is 22.2 Å². The Labute approximate surface area is 130 Å². The summed E-state index contributed by atoms with van der Waals surface area (Å²) >= 11 is 11.6. The van der Waals surface area contributed by atoms with Crippen molar-refractivity contribution in [2.75, 3.05) is 12.3 Å². The summed E-state index contributed by atoms with van der Waals surface area (Å²) in [5.74, 6) is 0. The Morgan fingerprint density at radius 2 is 1.67 bits per heavy atom. The van der Waals surface area contributed by atoms with Crippen LogP contribution in [0.5, 0.6) is 0 Å². The van der Waals surface area contributed by atoms with Crippen LogP contribution in [0.4, 0.5) is 18.9 Å². The van der Waals surface area contributed by atoms with Gasteiger partial charge in [0.15, 0.2) is 0 Å². The van der Waals surface area contributed by atoms with Crippen LogP contribution in [0.25, 0.3) is 0 Å². The molecule has 0 fully saturated rings. The second-order valence-corrected chi connectivity index (χ2v) is 6.80. The molecule has 1 aromatic rings. The maximum atomic E-state index is 12.0. The van der Waals surface area contributed by atoms with Gasteiger partial charge in [-0.3, -0.25) is 0 Å². The summed E-state index contributed by atoms with van der Waals surface area (Å²) in [4.78, 5) is -0.337. The summed E-state index contributed by atoms with van der Waals surface area (Å²) in [7, 11) is -4.01. The molecular weight excluding hydrogens is 352 g/mol. The van der Waals surface area contributed by atoms with Gasteiger partial charge in [0.25, 0.3) is 0 Å². The van der Waals surface area contributed by atoms with E-state index in [4.69, 9.17) is 28.9 Å². The van der Waals surface area contributed by atoms with Gasteiger partial charge >= 0.3 is 6.18 Å². The molecule has 21 heavy (non-hydrogen) atoms. The summed E-state index contributed by atoms with van der Waals surface area (Å²) in [5.41, 5.74) is 5.66. The standard InChI is InChI=1S/C11H13Cl2F3N2O2S/c12-8-5-7(17)6-9(13)10(8)21(19,20)18-4-2-1-3-11(14,15)16/h5-6,18H,1-4,17H2. The summed E-state index contributed by atoms with van der Waals surface area (Å²) in [6.45, 7) is -0.143. The SMILES string of the molecule is Nc1cc(Cl)c(S(=O)(=O)NCCCCC(F)(F)F)c(Cl)c1. The average molecular weight is 365 g/mol. The van der Waals surface area contributed by atoms with Crippen LogP contribution >= 0.6 is 23.2 Å². The number of benzene rings is 1. The van der Waals surface area contributed by atoms with Crippen LogP contribution in [-0.2, 0) is 10.0 Å². The second kappa shape index (κ2) is 7.04. The first-order valence-corrected chi connectivity index (χ1v) is 8.08. The van der Waals surface area contributed by atoms with Crippen molar-refractivity contribution in [1.29, 1.82) is 0 Å². The molecule has 0 aliphatic heterocycles. The molecule has 0 atom stereocenters. The molecule has 0 amide bonds. The van der Waals surface area contributed by atoms with E-state index in [9.17, 15) is 21.6 Å². The Bertz CT molecular complexity index is 583. The number of hydrogen-bond donors (Lipinski definition) is 2. The fourth-order valence-electron chi connectivity index (χ4n) is 1.57. The average Bonchev–Trinajstić information content (AvgIpc) is 2.24. The van der Waals surface area contributed by atoms with Gasteiger partial charge in [0.05, 0.1) is 10.0 Å². The highest BCUT2D eigenvalue weighted by molar-refractivity contribution is 7.89. The van der Waals surface area contributed by atoms with E-state index in [1.165, 1.54) is 12.1 Å². The highest BCUT2D eigenvalue weighted by Gasteiger charge is 2.26. The first-order chi connectivity index (χ1) is 9.53. The first-order valence-electron chi connectivity index (χ1n) is 5.84. The minimum absolute atomic E-state index is 0.0446. The van der Waals surface area contributed by atoms with E-state index in [0.29, 0.717) is 0 Å². The Hall–Kier alpha value is -0.700. The predicted octanol–water partition coefficient (Wildman–Crippen LogP) is 3.59. The molecule has 0 unspecified atom stereocenters. The molecule has 120 valence electrons. The number of nitrogens with two attached hydrogens (primary N) is 1. The molecule has 0 aromatic heterocycles. The smallest absolute Gasteiger partial charge is 0.389 e. The number of sulfonamides is 1. The predicted molar refractivity (Wildman–Crippen MR) is 76.0 cm³/mol. The van der Waals surface area contributed by atoms with Crippen molar-refractivity contribution in [3.63, 3.8) is 0 Å². The van der Waals surface area contributed by atoms with Crippen LogP contribution < -0.4 is 10.5 Å². The minimum atomic E-state index is -4.25. The molecule has 1 aromatic carbocycles. The van der Waals surface area contributed by atoms with Gasteiger partial charge in [-0.25, -0.2) is 13.1 Å². The van der Waals surface area contributed by atoms with Crippen LogP contribution in [0.2, 0.25) is 10.0 Å². The van der Waals surface area contributed by atoms with Crippen LogP contribution in [0.3, 0.4) is 0 Å². The van der Waals surface area contributed by atoms with Crippen molar-refractivity contribution in [1.82, 2.24) is 4.72 Å². The lowest BCUT2D eigenvalue weighted by molar-refractivity contribution is -0.135. The Morgan fingerprint density at radius 3 is 2.14 bits per heavy atom. The number of hydrogen-bond acceptors (Lipinski definition) is 3. The largest absolute Gasteiger partial charge is 0.399 e. The molecule has 4 nitrogen and oxygen atoms in total. The monoisotopic (exact) mass is 364 g/mol. The van der Waals surface area contributed by atoms with Crippen molar-refractivity contribution in [3.8, 4) is 0 Å². The van der Waals surface area contributed by atoms with E-state index in [2.05, 4.69) is 4.72 Å². The van der Waals surface area contributed by atoms with Crippen molar-refractivity contribution >= 4 is 38.9 Å². The van der Waals surface area contributed by atoms with Gasteiger partial charge in [-0.05, 0) is 25.0 Å². The molecule has 0 saturated carbocycles. The molecule has 0 heterocycles. The van der Waals surface area contributed by atoms with Gasteiger partial charge in [0.2, 0.25) is 10.0 Å². The topological polar surface area (TPSA) is 72.2 Å². The zero-order valence-corrected chi connectivity index (χ0v) is 13.0. The van der Waals surface area contributed by atoms with Gasteiger partial charge < -0.3 is 5.73 Å². The third-order valence-corrected chi connectivity index (χ3v) is 4.85. The molecule has 1 rings (SSSR count). The van der Waals surface area contributed by atoms with E-state index < -0.39 is 22.6 Å². The van der Waals surface area contributed by atoms with Gasteiger partial charge in [0, 0.05) is 18.7 Å². The minimum Gasteiger partial charge on any atom is -0.399 e. The highest BCUT2D eigenvalue weighted by Crippen LogP contribution is 2.31. The molecule has 0 bridgehead atoms. The molecule has 10 heteroatoms. The molecular formula is C11H13Cl2F3N2O2S. The lowest BCUT2D eigenvalue weighted by Crippen LogP contribution is -2.25. The number of nitrogens with one attached hydrogen (secondary N) is 1. The normalized spacial score (nSPS) is 12.6. The first kappa shape index (κ1) is 18.3. The number of nitrogen functional groups attached to an aromatic ring is 1. The lowest BCUT2D eigenvalue weighted by atomic mass is 10.2. The molecule has 0 radical (unpaired) electrons. The Balaban J connectivity index is 2.67. The van der Waals surface area contributed by atoms with E-state index in [-0.39, 0.29) is 40.0 Å². The summed E-state index contributed by atoms with van der Waals surface area (Å²) in [6, 6.07) is 2.46. The number of halogens is 5. The van der Waals surface area contributed by atoms with Crippen molar-refractivity contribution in [2.45, 2.75) is 30.3 Å². The van der Waals surface area contributed by atoms with E-state index >= 15 is 0 Å². The fraction of sp³-hybridized carbons (Fsp3) is 0.455. The van der Waals surface area contributed by atoms with E-state index in [0.717, 1.165) is 0 Å². The van der Waals surface area contributed by atoms with Gasteiger partial charge in [-0.1, -0.05) is 23.2 Å². The van der Waals surface area contributed by atoms with Crippen LogP contribution in [0, 0.1) is 0 Å². The lowest BCUT2D eigenvalue weighted by Gasteiger charge is -2.11. The second-order valence-electron chi connectivity index (χ2n) is 4.28. The zero-order valence-electron chi connectivity index (χ0n) is 10.7. The molecule has 0 aliphatic carbocycles. The molecule has 0 saturated heterocycles. The summed E-state index contributed by atoms with van der Waals surface area (Å²) in [5, 5.41) is -0.300. The fourth-order valence-corrected chi connectivity index (χ4v) is 3.87. The van der Waals surface area contributed by atoms with Crippen molar-refractivity contribution < 1.29 is 21.6 Å². The van der Waals surface area contributed by atoms with Gasteiger partial charge in [0.1, 0.15) is 4.90 Å². The van der Waals surface area contributed by atoms with Gasteiger partial charge in [-0.15, -0.1) is 0 Å². The number of unbranched alkanes of at least 4 members (excludes halogenated alkanes) is 1.